The van der Waals surface area contributed by atoms with Gasteiger partial charge in [-0.3, -0.25) is 14.4 Å². The summed E-state index contributed by atoms with van der Waals surface area (Å²) in [4.78, 5) is 65.1. The van der Waals surface area contributed by atoms with Crippen molar-refractivity contribution in [2.75, 3.05) is 97.1 Å². The van der Waals surface area contributed by atoms with Gasteiger partial charge in [0.15, 0.2) is 0 Å². The molecular weight excluding hydrogens is 947 g/mol. The zero-order valence-corrected chi connectivity index (χ0v) is 43.1. The molecule has 0 fully saturated rings. The Morgan fingerprint density at radius 3 is 2.14 bits per heavy atom. The molecule has 0 aliphatic heterocycles. The second-order valence-electron chi connectivity index (χ2n) is 17.3. The molecule has 1 heterocycles. The van der Waals surface area contributed by atoms with E-state index in [4.69, 9.17) is 29.4 Å². The molecule has 21 heteroatoms. The van der Waals surface area contributed by atoms with Crippen molar-refractivity contribution < 1.29 is 61.5 Å². The Kier molecular flexibility index (Phi) is 27.9. The number of benzene rings is 2. The molecule has 4 amide bonds. The Morgan fingerprint density at radius 1 is 0.857 bits per heavy atom. The molecule has 0 aliphatic rings. The molecule has 17 nitrogen and oxygen atoms in total. The second-order valence-corrected chi connectivity index (χ2v) is 21.3. The molecule has 1 aromatic heterocycles. The average molecular weight is 1020 g/mol. The van der Waals surface area contributed by atoms with Crippen LogP contribution in [0.5, 0.6) is 0 Å². The van der Waals surface area contributed by atoms with E-state index in [9.17, 15) is 33.5 Å². The van der Waals surface area contributed by atoms with Crippen molar-refractivity contribution in [2.24, 2.45) is 11.1 Å². The molecule has 2 aromatic carbocycles. The zero-order chi connectivity index (χ0) is 51.3. The van der Waals surface area contributed by atoms with Gasteiger partial charge in [-0.2, -0.15) is 0 Å². The highest BCUT2D eigenvalue weighted by atomic mass is 32.2. The Morgan fingerprint density at radius 2 is 1.51 bits per heavy atom. The van der Waals surface area contributed by atoms with Gasteiger partial charge in [-0.15, -0.1) is 11.8 Å². The molecule has 389 valence electrons. The van der Waals surface area contributed by atoms with Gasteiger partial charge in [0.25, 0.3) is 0 Å². The summed E-state index contributed by atoms with van der Waals surface area (Å²) < 4.78 is 59.0. The highest BCUT2D eigenvalue weighted by Crippen LogP contribution is 2.43. The zero-order valence-electron chi connectivity index (χ0n) is 41.2. The summed E-state index contributed by atoms with van der Waals surface area (Å²) in [6, 6.07) is 13.6. The third kappa shape index (κ3) is 22.5. The fraction of sp³-hybridized carbons (Fsp3) is 0.571. The molecule has 3 rings (SSSR count). The van der Waals surface area contributed by atoms with Crippen LogP contribution < -0.4 is 21.7 Å². The van der Waals surface area contributed by atoms with Crippen molar-refractivity contribution >= 4 is 50.3 Å². The highest BCUT2D eigenvalue weighted by Gasteiger charge is 2.39. The first-order valence-electron chi connectivity index (χ1n) is 23.6. The number of alkyl carbamates (subject to hydrolysis) is 1. The van der Waals surface area contributed by atoms with Crippen LogP contribution in [-0.4, -0.2) is 156 Å². The molecular formula is C49H73F2N6O11SSi. The number of hydrogen-bond donors (Lipinski definition) is 5. The first-order valence-corrected chi connectivity index (χ1v) is 27.5. The molecule has 0 unspecified atom stereocenters. The second kappa shape index (κ2) is 32.9. The van der Waals surface area contributed by atoms with E-state index in [0.717, 1.165) is 41.6 Å². The lowest BCUT2D eigenvalue weighted by Gasteiger charge is -2.42. The SMILES string of the molecule is CCC(C)(C)[C@H](c1cc(-c2cc(F)ccc2F)cn1Cc1ccccc1)N(CCCNC(=O)OCC[Si](C)C)C(=O)CSC[C@H](NC(=O)CCOCCOCCOCCOCCNC(=O)CN)C(=O)O. The van der Waals surface area contributed by atoms with Crippen LogP contribution in [0.4, 0.5) is 13.6 Å². The Labute approximate surface area is 416 Å². The molecule has 2 atom stereocenters. The summed E-state index contributed by atoms with van der Waals surface area (Å²) in [5, 5.41) is 18.0. The van der Waals surface area contributed by atoms with Crippen LogP contribution in [0.15, 0.2) is 60.8 Å². The summed E-state index contributed by atoms with van der Waals surface area (Å²) in [7, 11) is -0.576. The van der Waals surface area contributed by atoms with Crippen LogP contribution in [-0.2, 0) is 49.4 Å². The number of nitrogens with one attached hydrogen (secondary N) is 3. The van der Waals surface area contributed by atoms with Crippen LogP contribution in [0.3, 0.4) is 0 Å². The number of ether oxygens (including phenoxy) is 5. The van der Waals surface area contributed by atoms with Crippen LogP contribution in [0.2, 0.25) is 19.1 Å². The third-order valence-electron chi connectivity index (χ3n) is 11.1. The van der Waals surface area contributed by atoms with Gasteiger partial charge >= 0.3 is 12.1 Å². The van der Waals surface area contributed by atoms with E-state index in [1.807, 2.05) is 55.7 Å². The smallest absolute Gasteiger partial charge is 0.407 e. The van der Waals surface area contributed by atoms with Gasteiger partial charge < -0.3 is 59.9 Å². The van der Waals surface area contributed by atoms with E-state index in [0.29, 0.717) is 76.8 Å². The molecule has 0 saturated heterocycles. The fourth-order valence-electron chi connectivity index (χ4n) is 7.00. The summed E-state index contributed by atoms with van der Waals surface area (Å²) >= 11 is 1.06. The maximum atomic E-state index is 15.4. The van der Waals surface area contributed by atoms with E-state index >= 15 is 4.39 Å². The molecule has 0 spiro atoms. The fourth-order valence-corrected chi connectivity index (χ4v) is 8.43. The number of aromatic nitrogens is 1. The molecule has 0 aliphatic carbocycles. The highest BCUT2D eigenvalue weighted by molar-refractivity contribution is 8.00. The normalized spacial score (nSPS) is 12.4. The van der Waals surface area contributed by atoms with E-state index in [1.54, 1.807) is 17.2 Å². The number of rotatable bonds is 36. The minimum atomic E-state index is -1.30. The number of amides is 4. The van der Waals surface area contributed by atoms with Gasteiger partial charge in [0.1, 0.15) is 17.7 Å². The summed E-state index contributed by atoms with van der Waals surface area (Å²) in [5.41, 5.74) is 6.74. The molecule has 1 radical (unpaired) electrons. The number of nitrogens with zero attached hydrogens (tertiary/aromatic N) is 2. The van der Waals surface area contributed by atoms with Crippen molar-refractivity contribution in [3.05, 3.63) is 83.7 Å². The van der Waals surface area contributed by atoms with Crippen molar-refractivity contribution in [1.29, 1.82) is 0 Å². The van der Waals surface area contributed by atoms with Crippen molar-refractivity contribution in [3.63, 3.8) is 0 Å². The van der Waals surface area contributed by atoms with Gasteiger partial charge in [0.2, 0.25) is 17.7 Å². The lowest BCUT2D eigenvalue weighted by atomic mass is 9.78. The van der Waals surface area contributed by atoms with Crippen LogP contribution >= 0.6 is 11.8 Å². The van der Waals surface area contributed by atoms with Crippen LogP contribution in [0.1, 0.15) is 57.3 Å². The Hall–Kier alpha value is -4.90. The molecule has 6 N–H and O–H groups in total. The molecule has 70 heavy (non-hydrogen) atoms. The van der Waals surface area contributed by atoms with Crippen molar-refractivity contribution in [1.82, 2.24) is 25.4 Å². The van der Waals surface area contributed by atoms with E-state index in [1.165, 1.54) is 0 Å². The number of carboxylic acids is 1. The lowest BCUT2D eigenvalue weighted by molar-refractivity contribution is -0.141. The Bertz CT molecular complexity index is 2050. The van der Waals surface area contributed by atoms with Gasteiger partial charge in [-0.05, 0) is 54.1 Å². The standard InChI is InChI=1S/C49H73F2N6O11SSi/c1-6-49(2,3)46(42-29-37(39-30-38(50)13-14-40(39)51)33-56(42)32-36-11-8-7-9-12-36)57(18-10-16-54-48(63)68-27-28-70(4)5)45(60)35-69-34-41(47(61)62)55-43(58)15-19-64-21-23-66-25-26-67-24-22-65-20-17-53-44(59)31-52/h7-9,11-14,29-30,33,41,46H,6,10,15-28,31-32,34-35,52H2,1-5H3,(H,53,59)(H,54,63)(H,55,58)(H,61,62)/t41-,46-/m0/s1. The summed E-state index contributed by atoms with van der Waals surface area (Å²) in [5.74, 6) is -3.83. The Balaban J connectivity index is 1.67. The first-order chi connectivity index (χ1) is 33.6. The van der Waals surface area contributed by atoms with Gasteiger partial charge in [-0.1, -0.05) is 64.2 Å². The minimum absolute atomic E-state index is 0.0293. The van der Waals surface area contributed by atoms with Crippen molar-refractivity contribution in [2.45, 2.75) is 77.8 Å². The average Bonchev–Trinajstić information content (AvgIpc) is 3.73. The number of carbonyl (C=O) groups is 5. The van der Waals surface area contributed by atoms with E-state index in [-0.39, 0.29) is 74.8 Å². The summed E-state index contributed by atoms with van der Waals surface area (Å²) in [6.45, 7) is 13.9. The van der Waals surface area contributed by atoms with Gasteiger partial charge in [0, 0.05) is 70.2 Å². The lowest BCUT2D eigenvalue weighted by Crippen LogP contribution is -2.46. The first kappa shape index (κ1) is 59.4. The number of halogens is 2. The quantitative estimate of drug-likeness (QED) is 0.0360. The van der Waals surface area contributed by atoms with Crippen LogP contribution in [0, 0.1) is 17.0 Å². The number of carboxylic acid groups (broad SMARTS) is 1. The predicted molar refractivity (Wildman–Crippen MR) is 267 cm³/mol. The molecule has 3 aromatic rings. The van der Waals surface area contributed by atoms with Crippen molar-refractivity contribution in [3.8, 4) is 11.1 Å². The monoisotopic (exact) mass is 1020 g/mol. The van der Waals surface area contributed by atoms with E-state index < -0.39 is 55.9 Å². The number of hydrogen-bond acceptors (Lipinski definition) is 12. The number of nitrogens with two attached hydrogens (primary N) is 1. The number of carbonyl (C=O) groups excluding carboxylic acids is 4. The number of thioether (sulfide) groups is 1. The minimum Gasteiger partial charge on any atom is -0.480 e. The number of aliphatic carboxylic acids is 1. The summed E-state index contributed by atoms with van der Waals surface area (Å²) in [6.07, 6.45) is 2.07. The van der Waals surface area contributed by atoms with E-state index in [2.05, 4.69) is 29.0 Å². The maximum Gasteiger partial charge on any atom is 0.407 e. The largest absolute Gasteiger partial charge is 0.480 e. The van der Waals surface area contributed by atoms with Crippen LogP contribution in [0.25, 0.3) is 11.1 Å². The topological polar surface area (TPSA) is 222 Å². The van der Waals surface area contributed by atoms with Gasteiger partial charge in [0.05, 0.1) is 77.8 Å². The molecule has 0 bridgehead atoms. The van der Waals surface area contributed by atoms with Gasteiger partial charge in [-0.25, -0.2) is 18.4 Å². The maximum absolute atomic E-state index is 15.4. The predicted octanol–water partition coefficient (Wildman–Crippen LogP) is 5.49. The third-order valence-corrected chi connectivity index (χ3v) is 13.3. The molecule has 0 saturated carbocycles.